The van der Waals surface area contributed by atoms with Gasteiger partial charge in [0.05, 0.1) is 27.6 Å². The highest BCUT2D eigenvalue weighted by Gasteiger charge is 2.25. The van der Waals surface area contributed by atoms with Crippen molar-refractivity contribution in [1.29, 1.82) is 0 Å². The average molecular weight is 609 g/mol. The third-order valence-corrected chi connectivity index (χ3v) is 9.86. The Kier molecular flexibility index (Phi) is 10.1. The predicted octanol–water partition coefficient (Wildman–Crippen LogP) is 6.05. The highest BCUT2D eigenvalue weighted by Crippen LogP contribution is 2.39. The van der Waals surface area contributed by atoms with Gasteiger partial charge in [0.1, 0.15) is 11.4 Å². The summed E-state index contributed by atoms with van der Waals surface area (Å²) < 4.78 is 32.4. The van der Waals surface area contributed by atoms with E-state index in [2.05, 4.69) is 68.7 Å². The van der Waals surface area contributed by atoms with E-state index in [1.54, 1.807) is 38.1 Å². The lowest BCUT2D eigenvalue weighted by atomic mass is 9.86. The van der Waals surface area contributed by atoms with Crippen LogP contribution in [-0.2, 0) is 9.84 Å². The zero-order chi connectivity index (χ0) is 31.3. The Morgan fingerprint density at radius 3 is 2.37 bits per heavy atom. The Balaban J connectivity index is 1.73. The number of nitrogen functional groups attached to an aromatic ring is 1. The van der Waals surface area contributed by atoms with Crippen molar-refractivity contribution in [3.63, 3.8) is 0 Å². The second-order valence-corrected chi connectivity index (χ2v) is 13.8. The topological polar surface area (TPSA) is 147 Å². The van der Waals surface area contributed by atoms with Gasteiger partial charge in [0.2, 0.25) is 5.95 Å². The maximum absolute atomic E-state index is 13.1. The van der Waals surface area contributed by atoms with Gasteiger partial charge in [-0.15, -0.1) is 0 Å². The van der Waals surface area contributed by atoms with Gasteiger partial charge < -0.3 is 26.0 Å². The normalized spacial score (nSPS) is 14.6. The molecule has 0 spiro atoms. The van der Waals surface area contributed by atoms with Crippen molar-refractivity contribution >= 4 is 51.2 Å². The number of hydrogen-bond donors (Lipinski definition) is 4. The van der Waals surface area contributed by atoms with E-state index in [9.17, 15) is 8.42 Å². The summed E-state index contributed by atoms with van der Waals surface area (Å²) in [7, 11) is -3.59. The molecule has 1 aliphatic heterocycles. The molecule has 1 saturated heterocycles. The number of nitrogens with two attached hydrogens (primary N) is 1. The number of aromatic nitrogens is 2. The zero-order valence-electron chi connectivity index (χ0n) is 25.9. The minimum Gasteiger partial charge on any atom is -0.489 e. The number of nitrogens with one attached hydrogen (secondary N) is 3. The molecule has 0 radical (unpaired) electrons. The molecule has 3 aromatic rings. The molecule has 4 rings (SSSR count). The number of likely N-dealkylation sites (tertiary alicyclic amines) is 1. The van der Waals surface area contributed by atoms with E-state index in [0.29, 0.717) is 23.0 Å². The van der Waals surface area contributed by atoms with Gasteiger partial charge >= 0.3 is 0 Å². The van der Waals surface area contributed by atoms with Crippen LogP contribution in [-0.4, -0.2) is 61.0 Å². The molecule has 12 heteroatoms. The SMILES string of the molecule is C=NNc1nc(Nc2cc(C)c(C3CCN(CC)CC3)cc2OC(C)C)nc(Nc2ccccc2S(=O)(=O)C(C)C)c1N. The molecule has 11 nitrogen and oxygen atoms in total. The number of rotatable bonds is 12. The van der Waals surface area contributed by atoms with Crippen molar-refractivity contribution in [2.24, 2.45) is 5.10 Å². The fourth-order valence-corrected chi connectivity index (χ4v) is 6.46. The second-order valence-electron chi connectivity index (χ2n) is 11.3. The first kappa shape index (κ1) is 32.0. The van der Waals surface area contributed by atoms with Crippen molar-refractivity contribution < 1.29 is 13.2 Å². The van der Waals surface area contributed by atoms with E-state index >= 15 is 0 Å². The summed E-state index contributed by atoms with van der Waals surface area (Å²) in [5.74, 6) is 1.79. The number of sulfone groups is 1. The molecular formula is C31H44N8O3S. The summed E-state index contributed by atoms with van der Waals surface area (Å²) in [6.07, 6.45) is 2.16. The molecule has 5 N–H and O–H groups in total. The number of anilines is 6. The molecule has 0 saturated carbocycles. The van der Waals surface area contributed by atoms with Crippen LogP contribution in [0.2, 0.25) is 0 Å². The number of ether oxygens (including phenoxy) is 1. The van der Waals surface area contributed by atoms with Crippen LogP contribution in [0.3, 0.4) is 0 Å². The van der Waals surface area contributed by atoms with Crippen molar-refractivity contribution in [3.05, 3.63) is 47.5 Å². The van der Waals surface area contributed by atoms with E-state index in [-0.39, 0.29) is 34.3 Å². The molecule has 43 heavy (non-hydrogen) atoms. The first-order valence-corrected chi connectivity index (χ1v) is 16.3. The molecule has 0 amide bonds. The summed E-state index contributed by atoms with van der Waals surface area (Å²) in [6, 6.07) is 10.9. The summed E-state index contributed by atoms with van der Waals surface area (Å²) in [5, 5.41) is 9.55. The monoisotopic (exact) mass is 608 g/mol. The van der Waals surface area contributed by atoms with Gasteiger partial charge in [-0.1, -0.05) is 19.1 Å². The van der Waals surface area contributed by atoms with Crippen LogP contribution in [0.1, 0.15) is 64.5 Å². The van der Waals surface area contributed by atoms with Gasteiger partial charge in [-0.2, -0.15) is 15.1 Å². The molecule has 232 valence electrons. The Bertz CT molecular complexity index is 1550. The number of hydrazone groups is 1. The zero-order valence-corrected chi connectivity index (χ0v) is 26.8. The number of nitrogens with zero attached hydrogens (tertiary/aromatic N) is 4. The molecule has 2 heterocycles. The van der Waals surface area contributed by atoms with Crippen LogP contribution < -0.4 is 26.5 Å². The van der Waals surface area contributed by atoms with Gasteiger partial charge in [0, 0.05) is 6.72 Å². The van der Waals surface area contributed by atoms with Gasteiger partial charge in [-0.3, -0.25) is 5.43 Å². The molecular weight excluding hydrogens is 564 g/mol. The van der Waals surface area contributed by atoms with E-state index in [1.165, 1.54) is 5.56 Å². The predicted molar refractivity (Wildman–Crippen MR) is 176 cm³/mol. The maximum atomic E-state index is 13.1. The molecule has 0 bridgehead atoms. The van der Waals surface area contributed by atoms with Crippen LogP contribution in [0.4, 0.5) is 34.6 Å². The summed E-state index contributed by atoms with van der Waals surface area (Å²) in [4.78, 5) is 11.8. The minimum absolute atomic E-state index is 0.0517. The quantitative estimate of drug-likeness (QED) is 0.141. The number of piperidine rings is 1. The maximum Gasteiger partial charge on any atom is 0.231 e. The molecule has 1 aromatic heterocycles. The lowest BCUT2D eigenvalue weighted by molar-refractivity contribution is 0.221. The first-order chi connectivity index (χ1) is 20.4. The van der Waals surface area contributed by atoms with Crippen molar-refractivity contribution in [2.45, 2.75) is 76.6 Å². The third kappa shape index (κ3) is 7.37. The summed E-state index contributed by atoms with van der Waals surface area (Å²) in [5.41, 5.74) is 12.8. The smallest absolute Gasteiger partial charge is 0.231 e. The van der Waals surface area contributed by atoms with Crippen LogP contribution in [0.15, 0.2) is 46.4 Å². The Morgan fingerprint density at radius 2 is 1.74 bits per heavy atom. The average Bonchev–Trinajstić information content (AvgIpc) is 2.97. The van der Waals surface area contributed by atoms with Crippen molar-refractivity contribution in [3.8, 4) is 5.75 Å². The second kappa shape index (κ2) is 13.6. The van der Waals surface area contributed by atoms with Crippen molar-refractivity contribution in [1.82, 2.24) is 14.9 Å². The Labute approximate surface area is 255 Å². The molecule has 0 atom stereocenters. The minimum atomic E-state index is -3.59. The van der Waals surface area contributed by atoms with Gasteiger partial charge in [0.15, 0.2) is 21.5 Å². The lowest BCUT2D eigenvalue weighted by Crippen LogP contribution is -2.32. The number of para-hydroxylation sites is 1. The van der Waals surface area contributed by atoms with Crippen molar-refractivity contribution in [2.75, 3.05) is 41.4 Å². The molecule has 1 fully saturated rings. The third-order valence-electron chi connectivity index (χ3n) is 7.65. The largest absolute Gasteiger partial charge is 0.489 e. The summed E-state index contributed by atoms with van der Waals surface area (Å²) >= 11 is 0. The van der Waals surface area contributed by atoms with Crippen LogP contribution in [0, 0.1) is 6.92 Å². The molecule has 0 unspecified atom stereocenters. The standard InChI is InChI=1S/C31H44N8O3S/c1-8-39-15-13-22(14-16-39)23-18-26(42-19(2)3)25(17-21(23)6)35-31-36-29(28(32)30(37-31)38-33-7)34-24-11-9-10-12-27(24)43(40,41)20(4)5/h9-12,17-20,22H,7-8,13-16,32H2,1-6H3,(H3,34,35,36,37,38). The van der Waals surface area contributed by atoms with Gasteiger partial charge in [-0.05, 0) is 108 Å². The highest BCUT2D eigenvalue weighted by molar-refractivity contribution is 7.92. The van der Waals surface area contributed by atoms with Gasteiger partial charge in [0.25, 0.3) is 0 Å². The Hall–Kier alpha value is -3.90. The molecule has 1 aliphatic rings. The van der Waals surface area contributed by atoms with E-state index < -0.39 is 15.1 Å². The van der Waals surface area contributed by atoms with Crippen LogP contribution in [0.25, 0.3) is 0 Å². The molecule has 0 aliphatic carbocycles. The van der Waals surface area contributed by atoms with Crippen LogP contribution in [0.5, 0.6) is 5.75 Å². The van der Waals surface area contributed by atoms with Gasteiger partial charge in [-0.25, -0.2) is 8.42 Å². The number of benzene rings is 2. The lowest BCUT2D eigenvalue weighted by Gasteiger charge is -2.32. The summed E-state index contributed by atoms with van der Waals surface area (Å²) in [6.45, 7) is 18.3. The first-order valence-electron chi connectivity index (χ1n) is 14.7. The Morgan fingerprint density at radius 1 is 1.07 bits per heavy atom. The van der Waals surface area contributed by atoms with E-state index in [0.717, 1.165) is 38.0 Å². The number of hydrogen-bond acceptors (Lipinski definition) is 11. The van der Waals surface area contributed by atoms with Crippen LogP contribution >= 0.6 is 0 Å². The fraction of sp³-hybridized carbons (Fsp3) is 0.452. The fourth-order valence-electron chi connectivity index (χ4n) is 5.25. The highest BCUT2D eigenvalue weighted by atomic mass is 32.2. The van der Waals surface area contributed by atoms with E-state index in [1.807, 2.05) is 13.8 Å². The van der Waals surface area contributed by atoms with E-state index in [4.69, 9.17) is 10.5 Å². The number of aryl methyl sites for hydroxylation is 1. The molecule has 2 aromatic carbocycles.